The summed E-state index contributed by atoms with van der Waals surface area (Å²) in [5, 5.41) is 2.27. The molecular weight excluding hydrogens is 360 g/mol. The summed E-state index contributed by atoms with van der Waals surface area (Å²) in [6, 6.07) is 4.65. The number of nitrogen functional groups attached to an aromatic ring is 1. The number of amides is 4. The predicted molar refractivity (Wildman–Crippen MR) is 96.6 cm³/mol. The van der Waals surface area contributed by atoms with Gasteiger partial charge in [-0.1, -0.05) is 6.07 Å². The molecule has 1 fully saturated rings. The second-order valence-corrected chi connectivity index (χ2v) is 6.37. The maximum Gasteiger partial charge on any atom is 0.264 e. The molecule has 1 aromatic carbocycles. The number of carbonyl (C=O) groups excluding carboxylic acids is 4. The Kier molecular flexibility index (Phi) is 5.68. The molecule has 0 radical (unpaired) electrons. The van der Waals surface area contributed by atoms with Gasteiger partial charge in [-0.2, -0.15) is 0 Å². The van der Waals surface area contributed by atoms with Gasteiger partial charge in [0, 0.05) is 12.1 Å². The molecule has 140 valence electrons. The minimum Gasteiger partial charge on any atom is -0.398 e. The van der Waals surface area contributed by atoms with Gasteiger partial charge in [-0.15, -0.1) is 12.4 Å². The van der Waals surface area contributed by atoms with Gasteiger partial charge in [-0.05, 0) is 44.4 Å². The molecule has 1 saturated heterocycles. The van der Waals surface area contributed by atoms with Crippen LogP contribution in [0.3, 0.4) is 0 Å². The fourth-order valence-electron chi connectivity index (χ4n) is 3.57. The summed E-state index contributed by atoms with van der Waals surface area (Å²) in [5.41, 5.74) is 10.5. The maximum absolute atomic E-state index is 12.9. The normalized spacial score (nSPS) is 22.1. The van der Waals surface area contributed by atoms with Crippen molar-refractivity contribution >= 4 is 41.7 Å². The van der Waals surface area contributed by atoms with Gasteiger partial charge >= 0.3 is 0 Å². The SMILES string of the molecule is Cl.NCCCCC1(N2C(=O)c3cccc(N)c3C2=O)CCC(=O)NC1=O. The summed E-state index contributed by atoms with van der Waals surface area (Å²) in [6.45, 7) is 0.436. The smallest absolute Gasteiger partial charge is 0.264 e. The van der Waals surface area contributed by atoms with Crippen molar-refractivity contribution in [2.75, 3.05) is 12.3 Å². The second-order valence-electron chi connectivity index (χ2n) is 6.37. The Morgan fingerprint density at radius 2 is 1.85 bits per heavy atom. The Bertz CT molecular complexity index is 782. The molecule has 0 spiro atoms. The number of fused-ring (bicyclic) bond motifs is 1. The highest BCUT2D eigenvalue weighted by molar-refractivity contribution is 6.26. The van der Waals surface area contributed by atoms with Crippen molar-refractivity contribution in [2.45, 2.75) is 37.6 Å². The fourth-order valence-corrected chi connectivity index (χ4v) is 3.57. The van der Waals surface area contributed by atoms with Crippen molar-refractivity contribution in [1.29, 1.82) is 0 Å². The van der Waals surface area contributed by atoms with Gasteiger partial charge in [0.2, 0.25) is 5.91 Å². The Balaban J connectivity index is 0.00000243. The molecule has 0 bridgehead atoms. The molecule has 26 heavy (non-hydrogen) atoms. The van der Waals surface area contributed by atoms with Gasteiger partial charge < -0.3 is 11.5 Å². The number of anilines is 1. The van der Waals surface area contributed by atoms with Crippen LogP contribution in [-0.4, -0.2) is 40.6 Å². The van der Waals surface area contributed by atoms with Crippen LogP contribution in [0.15, 0.2) is 18.2 Å². The fraction of sp³-hybridized carbons (Fsp3) is 0.412. The topological polar surface area (TPSA) is 136 Å². The molecule has 0 saturated carbocycles. The highest BCUT2D eigenvalue weighted by atomic mass is 35.5. The van der Waals surface area contributed by atoms with Crippen molar-refractivity contribution in [2.24, 2.45) is 5.73 Å². The van der Waals surface area contributed by atoms with E-state index < -0.39 is 29.2 Å². The number of piperidine rings is 1. The molecule has 4 amide bonds. The van der Waals surface area contributed by atoms with Crippen LogP contribution in [0.2, 0.25) is 0 Å². The summed E-state index contributed by atoms with van der Waals surface area (Å²) < 4.78 is 0. The van der Waals surface area contributed by atoms with Crippen LogP contribution in [0, 0.1) is 0 Å². The second kappa shape index (κ2) is 7.43. The first-order chi connectivity index (χ1) is 11.9. The molecule has 1 aromatic rings. The van der Waals surface area contributed by atoms with E-state index in [-0.39, 0.29) is 48.5 Å². The van der Waals surface area contributed by atoms with E-state index in [1.54, 1.807) is 12.1 Å². The number of carbonyl (C=O) groups is 4. The molecule has 5 N–H and O–H groups in total. The minimum absolute atomic E-state index is 0. The molecular formula is C17H21ClN4O4. The van der Waals surface area contributed by atoms with Gasteiger partial charge in [0.15, 0.2) is 0 Å². The van der Waals surface area contributed by atoms with E-state index in [1.807, 2.05) is 0 Å². The lowest BCUT2D eigenvalue weighted by Crippen LogP contribution is -2.64. The first-order valence-corrected chi connectivity index (χ1v) is 8.24. The zero-order valence-corrected chi connectivity index (χ0v) is 14.9. The van der Waals surface area contributed by atoms with E-state index in [9.17, 15) is 19.2 Å². The third kappa shape index (κ3) is 2.95. The zero-order valence-electron chi connectivity index (χ0n) is 14.1. The molecule has 2 heterocycles. The lowest BCUT2D eigenvalue weighted by molar-refractivity contribution is -0.142. The molecule has 1 unspecified atom stereocenters. The Morgan fingerprint density at radius 1 is 1.12 bits per heavy atom. The number of hydrogen-bond donors (Lipinski definition) is 3. The molecule has 1 atom stereocenters. The molecule has 0 aliphatic carbocycles. The van der Waals surface area contributed by atoms with Crippen molar-refractivity contribution < 1.29 is 19.2 Å². The average Bonchev–Trinajstić information content (AvgIpc) is 2.83. The van der Waals surface area contributed by atoms with Gasteiger partial charge in [-0.25, -0.2) is 0 Å². The number of nitrogens with one attached hydrogen (secondary N) is 1. The van der Waals surface area contributed by atoms with Crippen molar-refractivity contribution in [3.63, 3.8) is 0 Å². The first kappa shape index (κ1) is 19.9. The van der Waals surface area contributed by atoms with Crippen LogP contribution in [0.25, 0.3) is 0 Å². The number of unbranched alkanes of at least 4 members (excludes halogenated alkanes) is 1. The van der Waals surface area contributed by atoms with Crippen LogP contribution in [0.1, 0.15) is 52.8 Å². The Morgan fingerprint density at radius 3 is 2.46 bits per heavy atom. The van der Waals surface area contributed by atoms with Gasteiger partial charge in [0.05, 0.1) is 11.1 Å². The van der Waals surface area contributed by atoms with Crippen LogP contribution in [0.4, 0.5) is 5.69 Å². The van der Waals surface area contributed by atoms with Gasteiger partial charge in [0.1, 0.15) is 5.54 Å². The van der Waals surface area contributed by atoms with Crippen molar-refractivity contribution in [3.05, 3.63) is 29.3 Å². The summed E-state index contributed by atoms with van der Waals surface area (Å²) in [7, 11) is 0. The number of benzene rings is 1. The summed E-state index contributed by atoms with van der Waals surface area (Å²) in [4.78, 5) is 51.1. The van der Waals surface area contributed by atoms with E-state index in [1.165, 1.54) is 6.07 Å². The molecule has 2 aliphatic rings. The summed E-state index contributed by atoms with van der Waals surface area (Å²) in [6.07, 6.45) is 1.63. The largest absolute Gasteiger partial charge is 0.398 e. The Hall–Kier alpha value is -2.45. The first-order valence-electron chi connectivity index (χ1n) is 8.24. The van der Waals surface area contributed by atoms with E-state index in [4.69, 9.17) is 11.5 Å². The molecule has 8 nitrogen and oxygen atoms in total. The van der Waals surface area contributed by atoms with Crippen LogP contribution in [0.5, 0.6) is 0 Å². The number of rotatable bonds is 5. The van der Waals surface area contributed by atoms with Gasteiger partial charge in [0.25, 0.3) is 17.7 Å². The monoisotopic (exact) mass is 380 g/mol. The highest BCUT2D eigenvalue weighted by Gasteiger charge is 2.55. The number of imide groups is 2. The van der Waals surface area contributed by atoms with Crippen molar-refractivity contribution in [1.82, 2.24) is 10.2 Å². The Labute approximate surface area is 156 Å². The molecule has 3 rings (SSSR count). The van der Waals surface area contributed by atoms with E-state index in [2.05, 4.69) is 5.32 Å². The van der Waals surface area contributed by atoms with Crippen LogP contribution < -0.4 is 16.8 Å². The third-order valence-corrected chi connectivity index (χ3v) is 4.86. The van der Waals surface area contributed by atoms with Gasteiger partial charge in [-0.3, -0.25) is 29.4 Å². The molecule has 9 heteroatoms. The van der Waals surface area contributed by atoms with E-state index >= 15 is 0 Å². The van der Waals surface area contributed by atoms with Crippen LogP contribution >= 0.6 is 12.4 Å². The number of nitrogens with zero attached hydrogens (tertiary/aromatic N) is 1. The number of hydrogen-bond acceptors (Lipinski definition) is 6. The standard InChI is InChI=1S/C17H20N4O4.ClH/c18-9-2-1-7-17(8-6-12(22)20-16(17)25)21-14(23)10-4-3-5-11(19)13(10)15(21)24;/h3-5H,1-2,6-9,18-19H2,(H,20,22,25);1H. The number of halogens is 1. The number of nitrogens with two attached hydrogens (primary N) is 2. The predicted octanol–water partition coefficient (Wildman–Crippen LogP) is 0.591. The average molecular weight is 381 g/mol. The van der Waals surface area contributed by atoms with Crippen molar-refractivity contribution in [3.8, 4) is 0 Å². The van der Waals surface area contributed by atoms with Crippen LogP contribution in [-0.2, 0) is 9.59 Å². The summed E-state index contributed by atoms with van der Waals surface area (Å²) >= 11 is 0. The lowest BCUT2D eigenvalue weighted by Gasteiger charge is -2.41. The summed E-state index contributed by atoms with van der Waals surface area (Å²) in [5.74, 6) is -2.16. The molecule has 2 aliphatic heterocycles. The zero-order chi connectivity index (χ0) is 18.2. The van der Waals surface area contributed by atoms with E-state index in [0.29, 0.717) is 19.4 Å². The van der Waals surface area contributed by atoms with E-state index in [0.717, 1.165) is 4.90 Å². The molecule has 0 aromatic heterocycles. The highest BCUT2D eigenvalue weighted by Crippen LogP contribution is 2.39. The minimum atomic E-state index is -1.39. The third-order valence-electron chi connectivity index (χ3n) is 4.86. The quantitative estimate of drug-likeness (QED) is 0.388. The lowest BCUT2D eigenvalue weighted by atomic mass is 9.82. The maximum atomic E-state index is 12.9.